The lowest BCUT2D eigenvalue weighted by molar-refractivity contribution is -0.0225. The highest BCUT2D eigenvalue weighted by molar-refractivity contribution is 5.16. The third kappa shape index (κ3) is 1.39. The summed E-state index contributed by atoms with van der Waals surface area (Å²) in [5.74, 6) is 0.907. The Morgan fingerprint density at radius 2 is 1.88 bits per heavy atom. The van der Waals surface area contributed by atoms with E-state index >= 15 is 0 Å². The molecule has 4 aliphatic rings. The smallest absolute Gasteiger partial charge is 0.0225 e. The van der Waals surface area contributed by atoms with Crippen LogP contribution < -0.4 is 16.0 Å². The highest BCUT2D eigenvalue weighted by Gasteiger charge is 2.58. The van der Waals surface area contributed by atoms with Crippen LogP contribution in [0.1, 0.15) is 38.5 Å². The Bertz CT molecular complexity index is 305. The quantitative estimate of drug-likeness (QED) is 0.631. The molecule has 1 saturated carbocycles. The highest BCUT2D eigenvalue weighted by atomic mass is 15.1. The Hall–Kier alpha value is -0.120. The average molecular weight is 235 g/mol. The summed E-state index contributed by atoms with van der Waals surface area (Å²) in [5, 5.41) is 11.3. The van der Waals surface area contributed by atoms with Crippen LogP contribution in [0.5, 0.6) is 0 Å². The van der Waals surface area contributed by atoms with E-state index in [0.29, 0.717) is 11.0 Å². The maximum Gasteiger partial charge on any atom is 0.0225 e. The van der Waals surface area contributed by atoms with Gasteiger partial charge in [-0.3, -0.25) is 0 Å². The molecule has 0 radical (unpaired) electrons. The molecule has 3 heterocycles. The van der Waals surface area contributed by atoms with Gasteiger partial charge in [-0.25, -0.2) is 0 Å². The molecule has 3 unspecified atom stereocenters. The van der Waals surface area contributed by atoms with Crippen molar-refractivity contribution in [2.45, 2.75) is 50.1 Å². The van der Waals surface area contributed by atoms with Crippen molar-refractivity contribution in [2.75, 3.05) is 26.2 Å². The number of nitrogens with one attached hydrogen (secondary N) is 3. The zero-order valence-corrected chi connectivity index (χ0v) is 10.7. The summed E-state index contributed by atoms with van der Waals surface area (Å²) in [6, 6.07) is 0.797. The first kappa shape index (κ1) is 10.8. The molecule has 3 nitrogen and oxygen atoms in total. The monoisotopic (exact) mass is 235 g/mol. The van der Waals surface area contributed by atoms with Gasteiger partial charge in [0, 0.05) is 30.1 Å². The van der Waals surface area contributed by atoms with E-state index in [1.807, 2.05) is 0 Å². The summed E-state index contributed by atoms with van der Waals surface area (Å²) in [5.41, 5.74) is 1.15. The third-order valence-corrected chi connectivity index (χ3v) is 6.13. The molecule has 4 rings (SSSR count). The van der Waals surface area contributed by atoms with E-state index in [1.54, 1.807) is 0 Å². The lowest BCUT2D eigenvalue weighted by Crippen LogP contribution is -2.73. The Morgan fingerprint density at radius 3 is 2.47 bits per heavy atom. The fraction of sp³-hybridized carbons (Fsp3) is 1.00. The van der Waals surface area contributed by atoms with E-state index < -0.39 is 0 Å². The topological polar surface area (TPSA) is 36.1 Å². The number of hydrogen-bond donors (Lipinski definition) is 3. The van der Waals surface area contributed by atoms with Gasteiger partial charge in [-0.1, -0.05) is 0 Å². The minimum atomic E-state index is 0.544. The van der Waals surface area contributed by atoms with E-state index in [-0.39, 0.29) is 0 Å². The Labute approximate surface area is 104 Å². The van der Waals surface area contributed by atoms with Crippen LogP contribution in [0.2, 0.25) is 0 Å². The van der Waals surface area contributed by atoms with Crippen molar-refractivity contribution in [3.63, 3.8) is 0 Å². The minimum Gasteiger partial charge on any atom is -0.316 e. The van der Waals surface area contributed by atoms with Crippen molar-refractivity contribution in [2.24, 2.45) is 11.3 Å². The van der Waals surface area contributed by atoms with Crippen LogP contribution in [0.4, 0.5) is 0 Å². The molecule has 3 N–H and O–H groups in total. The van der Waals surface area contributed by atoms with Crippen molar-refractivity contribution >= 4 is 0 Å². The van der Waals surface area contributed by atoms with Crippen LogP contribution in [-0.2, 0) is 0 Å². The van der Waals surface area contributed by atoms with Crippen molar-refractivity contribution in [3.8, 4) is 0 Å². The highest BCUT2D eigenvalue weighted by Crippen LogP contribution is 2.51. The van der Waals surface area contributed by atoms with Crippen molar-refractivity contribution < 1.29 is 0 Å². The molecule has 0 aromatic heterocycles. The molecule has 2 spiro atoms. The summed E-state index contributed by atoms with van der Waals surface area (Å²) >= 11 is 0. The predicted molar refractivity (Wildman–Crippen MR) is 69.0 cm³/mol. The summed E-state index contributed by atoms with van der Waals surface area (Å²) in [6.45, 7) is 5.02. The van der Waals surface area contributed by atoms with Gasteiger partial charge in [0.15, 0.2) is 0 Å². The number of piperidine rings is 1. The second-order valence-electron chi connectivity index (χ2n) is 6.83. The fourth-order valence-corrected chi connectivity index (χ4v) is 4.96. The lowest BCUT2D eigenvalue weighted by Gasteiger charge is -2.59. The first-order valence-electron chi connectivity index (χ1n) is 7.54. The third-order valence-electron chi connectivity index (χ3n) is 6.13. The van der Waals surface area contributed by atoms with Crippen LogP contribution in [0.15, 0.2) is 0 Å². The molecule has 0 aromatic carbocycles. The molecule has 1 aliphatic carbocycles. The second-order valence-corrected chi connectivity index (χ2v) is 6.83. The number of hydrogen-bond acceptors (Lipinski definition) is 3. The lowest BCUT2D eigenvalue weighted by atomic mass is 9.57. The first-order valence-corrected chi connectivity index (χ1v) is 7.54. The fourth-order valence-electron chi connectivity index (χ4n) is 4.96. The summed E-state index contributed by atoms with van der Waals surface area (Å²) in [7, 11) is 0. The molecule has 0 amide bonds. The zero-order chi connectivity index (χ0) is 11.3. The van der Waals surface area contributed by atoms with Gasteiger partial charge in [-0.05, 0) is 57.5 Å². The largest absolute Gasteiger partial charge is 0.316 e. The standard InChI is InChI=1S/C14H25N3/c1-5-14(6-1)11(3-8-17-14)12-13(10-16-12)4-2-7-15-9-13/h11-12,15-17H,1-10H2. The van der Waals surface area contributed by atoms with E-state index in [4.69, 9.17) is 0 Å². The van der Waals surface area contributed by atoms with E-state index in [2.05, 4.69) is 16.0 Å². The molecule has 3 atom stereocenters. The van der Waals surface area contributed by atoms with Crippen LogP contribution in [-0.4, -0.2) is 37.8 Å². The van der Waals surface area contributed by atoms with Crippen molar-refractivity contribution in [1.29, 1.82) is 0 Å². The molecule has 17 heavy (non-hydrogen) atoms. The van der Waals surface area contributed by atoms with E-state index in [0.717, 1.165) is 12.0 Å². The van der Waals surface area contributed by atoms with Crippen LogP contribution in [0, 0.1) is 11.3 Å². The van der Waals surface area contributed by atoms with Gasteiger partial charge in [0.25, 0.3) is 0 Å². The SMILES string of the molecule is C1CNCC2(C1)CNC2C1CCNC12CCC2. The minimum absolute atomic E-state index is 0.544. The van der Waals surface area contributed by atoms with E-state index in [1.165, 1.54) is 64.7 Å². The maximum absolute atomic E-state index is 3.83. The molecule has 3 heteroatoms. The molecule has 3 saturated heterocycles. The summed E-state index contributed by atoms with van der Waals surface area (Å²) < 4.78 is 0. The zero-order valence-electron chi connectivity index (χ0n) is 10.7. The van der Waals surface area contributed by atoms with Gasteiger partial charge in [0.2, 0.25) is 0 Å². The van der Waals surface area contributed by atoms with Gasteiger partial charge in [0.05, 0.1) is 0 Å². The van der Waals surface area contributed by atoms with Crippen molar-refractivity contribution in [1.82, 2.24) is 16.0 Å². The summed E-state index contributed by atoms with van der Waals surface area (Å²) in [4.78, 5) is 0. The second kappa shape index (κ2) is 3.69. The predicted octanol–water partition coefficient (Wildman–Crippen LogP) is 0.860. The Kier molecular flexibility index (Phi) is 2.34. The van der Waals surface area contributed by atoms with Crippen molar-refractivity contribution in [3.05, 3.63) is 0 Å². The normalized spacial score (nSPS) is 48.0. The van der Waals surface area contributed by atoms with E-state index in [9.17, 15) is 0 Å². The Morgan fingerprint density at radius 1 is 0.941 bits per heavy atom. The average Bonchev–Trinajstić information content (AvgIpc) is 2.73. The molecule has 0 aromatic rings. The molecular weight excluding hydrogens is 210 g/mol. The van der Waals surface area contributed by atoms with Crippen LogP contribution in [0.25, 0.3) is 0 Å². The molecular formula is C14H25N3. The van der Waals surface area contributed by atoms with Gasteiger partial charge in [-0.2, -0.15) is 0 Å². The molecule has 96 valence electrons. The molecule has 3 aliphatic heterocycles. The maximum atomic E-state index is 3.83. The van der Waals surface area contributed by atoms with Gasteiger partial charge in [-0.15, -0.1) is 0 Å². The Balaban J connectivity index is 1.54. The van der Waals surface area contributed by atoms with Gasteiger partial charge < -0.3 is 16.0 Å². The van der Waals surface area contributed by atoms with Crippen LogP contribution in [0.3, 0.4) is 0 Å². The molecule has 4 fully saturated rings. The van der Waals surface area contributed by atoms with Gasteiger partial charge in [0.1, 0.15) is 0 Å². The number of rotatable bonds is 1. The van der Waals surface area contributed by atoms with Crippen LogP contribution >= 0.6 is 0 Å². The summed E-state index contributed by atoms with van der Waals surface area (Å²) in [6.07, 6.45) is 8.54. The van der Waals surface area contributed by atoms with Gasteiger partial charge >= 0.3 is 0 Å². The first-order chi connectivity index (χ1) is 8.35. The molecule has 0 bridgehead atoms.